The van der Waals surface area contributed by atoms with Gasteiger partial charge in [0.25, 0.3) is 0 Å². The van der Waals surface area contributed by atoms with Gasteiger partial charge in [-0.25, -0.2) is 0 Å². The number of piperidine rings is 1. The maximum Gasteiger partial charge on any atom is 0.0991 e. The Bertz CT molecular complexity index is 501. The molecule has 1 saturated heterocycles. The van der Waals surface area contributed by atoms with Crippen molar-refractivity contribution in [2.75, 3.05) is 19.6 Å². The molecule has 1 atom stereocenters. The first kappa shape index (κ1) is 16.0. The number of nitriles is 1. The van der Waals surface area contributed by atoms with Gasteiger partial charge in [-0.05, 0) is 56.8 Å². The zero-order valence-corrected chi connectivity index (χ0v) is 13.5. The highest BCUT2D eigenvalue weighted by molar-refractivity contribution is 5.32. The van der Waals surface area contributed by atoms with Crippen LogP contribution in [0.4, 0.5) is 0 Å². The number of benzene rings is 1. The van der Waals surface area contributed by atoms with Crippen molar-refractivity contribution < 1.29 is 0 Å². The molecule has 1 fully saturated rings. The molecule has 0 aliphatic carbocycles. The van der Waals surface area contributed by atoms with Crippen molar-refractivity contribution in [2.45, 2.75) is 45.7 Å². The minimum Gasteiger partial charge on any atom is -0.311 e. The predicted molar refractivity (Wildman–Crippen MR) is 86.9 cm³/mol. The van der Waals surface area contributed by atoms with Crippen LogP contribution in [0.2, 0.25) is 0 Å². The second kappa shape index (κ2) is 7.06. The van der Waals surface area contributed by atoms with E-state index in [0.717, 1.165) is 24.6 Å². The molecule has 2 rings (SSSR count). The van der Waals surface area contributed by atoms with Gasteiger partial charge in [0.2, 0.25) is 0 Å². The fourth-order valence-electron chi connectivity index (χ4n) is 3.11. The van der Waals surface area contributed by atoms with Gasteiger partial charge in [-0.1, -0.05) is 19.1 Å². The third-order valence-corrected chi connectivity index (χ3v) is 4.46. The molecular weight excluding hydrogens is 258 g/mol. The largest absolute Gasteiger partial charge is 0.311 e. The molecule has 1 aliphatic heterocycles. The lowest BCUT2D eigenvalue weighted by Gasteiger charge is -2.43. The summed E-state index contributed by atoms with van der Waals surface area (Å²) in [6, 6.07) is 10.0. The molecule has 3 heteroatoms. The van der Waals surface area contributed by atoms with E-state index in [1.165, 1.54) is 31.5 Å². The topological polar surface area (TPSA) is 39.1 Å². The second-order valence-corrected chi connectivity index (χ2v) is 6.92. The van der Waals surface area contributed by atoms with Crippen LogP contribution in [0.5, 0.6) is 0 Å². The quantitative estimate of drug-likeness (QED) is 0.903. The van der Waals surface area contributed by atoms with E-state index in [9.17, 15) is 0 Å². The highest BCUT2D eigenvalue weighted by atomic mass is 15.2. The van der Waals surface area contributed by atoms with Gasteiger partial charge in [-0.15, -0.1) is 0 Å². The molecule has 0 bridgehead atoms. The van der Waals surface area contributed by atoms with Crippen LogP contribution in [0, 0.1) is 17.2 Å². The minimum atomic E-state index is 0.182. The Balaban J connectivity index is 1.85. The van der Waals surface area contributed by atoms with Crippen LogP contribution in [0.1, 0.15) is 44.7 Å². The third-order valence-electron chi connectivity index (χ3n) is 4.46. The van der Waals surface area contributed by atoms with E-state index in [0.29, 0.717) is 0 Å². The molecule has 21 heavy (non-hydrogen) atoms. The maximum absolute atomic E-state index is 8.93. The van der Waals surface area contributed by atoms with E-state index in [1.54, 1.807) is 0 Å². The van der Waals surface area contributed by atoms with E-state index in [-0.39, 0.29) is 5.54 Å². The van der Waals surface area contributed by atoms with Crippen molar-refractivity contribution in [1.82, 2.24) is 10.2 Å². The summed E-state index contributed by atoms with van der Waals surface area (Å²) in [4.78, 5) is 2.61. The molecule has 1 N–H and O–H groups in total. The van der Waals surface area contributed by atoms with Gasteiger partial charge in [0, 0.05) is 25.2 Å². The molecule has 0 aromatic heterocycles. The third kappa shape index (κ3) is 4.56. The SMILES string of the molecule is CC1CCCN(C(C)(C)CNCc2cccc(C#N)c2)C1. The lowest BCUT2D eigenvalue weighted by molar-refractivity contribution is 0.0706. The zero-order valence-electron chi connectivity index (χ0n) is 13.5. The van der Waals surface area contributed by atoms with Crippen LogP contribution in [-0.4, -0.2) is 30.1 Å². The summed E-state index contributed by atoms with van der Waals surface area (Å²) in [6.45, 7) is 11.2. The van der Waals surface area contributed by atoms with E-state index >= 15 is 0 Å². The molecule has 1 aliphatic rings. The van der Waals surface area contributed by atoms with Crippen molar-refractivity contribution in [2.24, 2.45) is 5.92 Å². The van der Waals surface area contributed by atoms with Crippen LogP contribution in [0.3, 0.4) is 0 Å². The van der Waals surface area contributed by atoms with E-state index in [2.05, 4.69) is 43.1 Å². The van der Waals surface area contributed by atoms with Gasteiger partial charge in [0.15, 0.2) is 0 Å². The van der Waals surface area contributed by atoms with Gasteiger partial charge in [0.1, 0.15) is 0 Å². The molecule has 0 radical (unpaired) electrons. The number of likely N-dealkylation sites (tertiary alicyclic amines) is 1. The summed E-state index contributed by atoms with van der Waals surface area (Å²) in [5.41, 5.74) is 2.09. The first-order chi connectivity index (χ1) is 10.0. The average molecular weight is 285 g/mol. The number of nitrogens with one attached hydrogen (secondary N) is 1. The summed E-state index contributed by atoms with van der Waals surface area (Å²) < 4.78 is 0. The number of rotatable bonds is 5. The van der Waals surface area contributed by atoms with Crippen LogP contribution in [0.15, 0.2) is 24.3 Å². The first-order valence-electron chi connectivity index (χ1n) is 7.96. The lowest BCUT2D eigenvalue weighted by Crippen LogP contribution is -2.53. The standard InChI is InChI=1S/C18H27N3/c1-15-6-5-9-21(13-15)18(2,3)14-20-12-17-8-4-7-16(10-17)11-19/h4,7-8,10,15,20H,5-6,9,12-14H2,1-3H3. The summed E-state index contributed by atoms with van der Waals surface area (Å²) in [5.74, 6) is 0.810. The summed E-state index contributed by atoms with van der Waals surface area (Å²) in [7, 11) is 0. The lowest BCUT2D eigenvalue weighted by atomic mass is 9.93. The monoisotopic (exact) mass is 285 g/mol. The van der Waals surface area contributed by atoms with Gasteiger partial charge in [-0.2, -0.15) is 5.26 Å². The molecule has 1 unspecified atom stereocenters. The fraction of sp³-hybridized carbons (Fsp3) is 0.611. The van der Waals surface area contributed by atoms with Gasteiger partial charge in [-0.3, -0.25) is 4.90 Å². The Morgan fingerprint density at radius 3 is 2.95 bits per heavy atom. The zero-order chi connectivity index (χ0) is 15.3. The van der Waals surface area contributed by atoms with Crippen LogP contribution >= 0.6 is 0 Å². The van der Waals surface area contributed by atoms with Crippen molar-refractivity contribution >= 4 is 0 Å². The Hall–Kier alpha value is -1.37. The summed E-state index contributed by atoms with van der Waals surface area (Å²) >= 11 is 0. The molecular formula is C18H27N3. The number of hydrogen-bond acceptors (Lipinski definition) is 3. The van der Waals surface area contributed by atoms with Crippen molar-refractivity contribution in [3.05, 3.63) is 35.4 Å². The molecule has 0 amide bonds. The van der Waals surface area contributed by atoms with E-state index in [4.69, 9.17) is 5.26 Å². The molecule has 1 heterocycles. The van der Waals surface area contributed by atoms with Crippen LogP contribution < -0.4 is 5.32 Å². The predicted octanol–water partition coefficient (Wildman–Crippen LogP) is 3.16. The molecule has 1 aromatic carbocycles. The van der Waals surface area contributed by atoms with E-state index < -0.39 is 0 Å². The maximum atomic E-state index is 8.93. The Labute approximate surface area is 129 Å². The van der Waals surface area contributed by atoms with Gasteiger partial charge < -0.3 is 5.32 Å². The highest BCUT2D eigenvalue weighted by Gasteiger charge is 2.29. The Kier molecular flexibility index (Phi) is 5.39. The average Bonchev–Trinajstić information content (AvgIpc) is 2.47. The molecule has 0 spiro atoms. The highest BCUT2D eigenvalue weighted by Crippen LogP contribution is 2.23. The van der Waals surface area contributed by atoms with Crippen molar-refractivity contribution in [3.8, 4) is 6.07 Å². The molecule has 1 aromatic rings. The summed E-state index contributed by atoms with van der Waals surface area (Å²) in [6.07, 6.45) is 2.68. The molecule has 0 saturated carbocycles. The minimum absolute atomic E-state index is 0.182. The Morgan fingerprint density at radius 1 is 1.43 bits per heavy atom. The Morgan fingerprint density at radius 2 is 2.24 bits per heavy atom. The number of hydrogen-bond donors (Lipinski definition) is 1. The van der Waals surface area contributed by atoms with Gasteiger partial charge >= 0.3 is 0 Å². The van der Waals surface area contributed by atoms with Gasteiger partial charge in [0.05, 0.1) is 11.6 Å². The van der Waals surface area contributed by atoms with E-state index in [1.807, 2.05) is 18.2 Å². The fourth-order valence-corrected chi connectivity index (χ4v) is 3.11. The van der Waals surface area contributed by atoms with Crippen LogP contribution in [0.25, 0.3) is 0 Å². The molecule has 114 valence electrons. The summed E-state index contributed by atoms with van der Waals surface area (Å²) in [5, 5.41) is 12.5. The van der Waals surface area contributed by atoms with Crippen LogP contribution in [-0.2, 0) is 6.54 Å². The smallest absolute Gasteiger partial charge is 0.0991 e. The number of nitrogens with zero attached hydrogens (tertiary/aromatic N) is 2. The molecule has 3 nitrogen and oxygen atoms in total. The normalized spacial score (nSPS) is 20.2. The van der Waals surface area contributed by atoms with Crippen molar-refractivity contribution in [3.63, 3.8) is 0 Å². The van der Waals surface area contributed by atoms with Crippen molar-refractivity contribution in [1.29, 1.82) is 5.26 Å². The first-order valence-corrected chi connectivity index (χ1v) is 7.96. The second-order valence-electron chi connectivity index (χ2n) is 6.92.